The highest BCUT2D eigenvalue weighted by Crippen LogP contribution is 2.00. The van der Waals surface area contributed by atoms with Gasteiger partial charge in [-0.25, -0.2) is 0 Å². The molecule has 1 heterocycles. The van der Waals surface area contributed by atoms with Crippen LogP contribution in [0.1, 0.15) is 11.3 Å². The van der Waals surface area contributed by atoms with Gasteiger partial charge >= 0.3 is 0 Å². The molecule has 0 aliphatic heterocycles. The number of pyridine rings is 1. The Morgan fingerprint density at radius 2 is 1.92 bits per heavy atom. The monoisotopic (exact) mass is 155 g/mol. The van der Waals surface area contributed by atoms with Crippen molar-refractivity contribution in [2.24, 2.45) is 0 Å². The van der Waals surface area contributed by atoms with Gasteiger partial charge < -0.3 is 0 Å². The molecule has 58 valence electrons. The van der Waals surface area contributed by atoms with E-state index in [1.807, 2.05) is 12.1 Å². The summed E-state index contributed by atoms with van der Waals surface area (Å²) in [5.41, 5.74) is 1.97. The summed E-state index contributed by atoms with van der Waals surface area (Å²) in [6, 6.07) is 3.87. The third-order valence-corrected chi connectivity index (χ3v) is 1.48. The second kappa shape index (κ2) is 4.21. The first-order chi connectivity index (χ1) is 5.86. The predicted octanol–water partition coefficient (Wildman–Crippen LogP) is 1.43. The van der Waals surface area contributed by atoms with Gasteiger partial charge in [0.2, 0.25) is 0 Å². The van der Waals surface area contributed by atoms with Crippen molar-refractivity contribution >= 4 is 0 Å². The van der Waals surface area contributed by atoms with E-state index in [-0.39, 0.29) is 0 Å². The van der Waals surface area contributed by atoms with E-state index in [0.29, 0.717) is 12.8 Å². The molecule has 0 aliphatic carbocycles. The normalized spacial score (nSPS) is 8.50. The molecule has 0 fully saturated rings. The molecule has 0 radical (unpaired) electrons. The van der Waals surface area contributed by atoms with E-state index in [0.717, 1.165) is 11.3 Å². The van der Waals surface area contributed by atoms with Crippen LogP contribution in [-0.4, -0.2) is 4.98 Å². The summed E-state index contributed by atoms with van der Waals surface area (Å²) in [4.78, 5) is 4.15. The van der Waals surface area contributed by atoms with E-state index in [2.05, 4.69) is 16.8 Å². The minimum Gasteiger partial charge on any atom is -0.260 e. The molecular formula is C11H9N. The maximum atomic E-state index is 5.15. The van der Waals surface area contributed by atoms with Crippen molar-refractivity contribution in [3.8, 4) is 24.7 Å². The number of nitrogens with zero attached hydrogens (tertiary/aromatic N) is 1. The van der Waals surface area contributed by atoms with Gasteiger partial charge in [-0.2, -0.15) is 0 Å². The van der Waals surface area contributed by atoms with Crippen LogP contribution in [0.5, 0.6) is 0 Å². The van der Waals surface area contributed by atoms with Gasteiger partial charge in [-0.15, -0.1) is 24.7 Å². The standard InChI is InChI=1S/C11H9N/c1-3-5-10-7-8-11(6-4-2)12-9-10/h1-2,7-9H,5-6H2. The van der Waals surface area contributed by atoms with Crippen molar-refractivity contribution in [1.29, 1.82) is 0 Å². The van der Waals surface area contributed by atoms with Crippen LogP contribution in [0.3, 0.4) is 0 Å². The van der Waals surface area contributed by atoms with E-state index in [1.54, 1.807) is 6.20 Å². The quantitative estimate of drug-likeness (QED) is 0.589. The highest BCUT2D eigenvalue weighted by atomic mass is 14.7. The zero-order chi connectivity index (χ0) is 8.81. The molecule has 1 heteroatoms. The van der Waals surface area contributed by atoms with E-state index in [4.69, 9.17) is 12.8 Å². The minimum absolute atomic E-state index is 0.580. The third kappa shape index (κ3) is 2.15. The Kier molecular flexibility index (Phi) is 2.94. The Morgan fingerprint density at radius 3 is 2.42 bits per heavy atom. The highest BCUT2D eigenvalue weighted by Gasteiger charge is 1.92. The van der Waals surface area contributed by atoms with Crippen LogP contribution in [-0.2, 0) is 12.8 Å². The molecule has 0 N–H and O–H groups in total. The summed E-state index contributed by atoms with van der Waals surface area (Å²) in [5, 5.41) is 0. The lowest BCUT2D eigenvalue weighted by Gasteiger charge is -1.96. The summed E-state index contributed by atoms with van der Waals surface area (Å²) in [6.45, 7) is 0. The lowest BCUT2D eigenvalue weighted by atomic mass is 10.2. The van der Waals surface area contributed by atoms with E-state index < -0.39 is 0 Å². The van der Waals surface area contributed by atoms with Crippen molar-refractivity contribution in [2.45, 2.75) is 12.8 Å². The van der Waals surface area contributed by atoms with Crippen molar-refractivity contribution < 1.29 is 0 Å². The summed E-state index contributed by atoms with van der Waals surface area (Å²) in [6.07, 6.45) is 13.3. The second-order valence-electron chi connectivity index (χ2n) is 2.42. The van der Waals surface area contributed by atoms with Gasteiger partial charge in [0.05, 0.1) is 12.1 Å². The molecule has 1 nitrogen and oxygen atoms in total. The molecule has 0 aliphatic rings. The van der Waals surface area contributed by atoms with Gasteiger partial charge in [0, 0.05) is 12.6 Å². The van der Waals surface area contributed by atoms with E-state index >= 15 is 0 Å². The van der Waals surface area contributed by atoms with Crippen LogP contribution in [0.2, 0.25) is 0 Å². The second-order valence-corrected chi connectivity index (χ2v) is 2.42. The SMILES string of the molecule is C#CCc1ccc(CC#C)nc1. The maximum Gasteiger partial charge on any atom is 0.0522 e. The fraction of sp³-hybridized carbons (Fsp3) is 0.182. The molecule has 0 bridgehead atoms. The molecule has 0 amide bonds. The number of rotatable bonds is 2. The van der Waals surface area contributed by atoms with Crippen LogP contribution in [0.15, 0.2) is 18.3 Å². The van der Waals surface area contributed by atoms with Crippen LogP contribution in [0.25, 0.3) is 0 Å². The van der Waals surface area contributed by atoms with Crippen LogP contribution >= 0.6 is 0 Å². The Morgan fingerprint density at radius 1 is 1.17 bits per heavy atom. The molecule has 12 heavy (non-hydrogen) atoms. The number of hydrogen-bond acceptors (Lipinski definition) is 1. The lowest BCUT2D eigenvalue weighted by Crippen LogP contribution is -1.89. The number of terminal acetylenes is 2. The van der Waals surface area contributed by atoms with Crippen molar-refractivity contribution in [3.63, 3.8) is 0 Å². The molecule has 0 unspecified atom stereocenters. The summed E-state index contributed by atoms with van der Waals surface area (Å²) in [7, 11) is 0. The average molecular weight is 155 g/mol. The summed E-state index contributed by atoms with van der Waals surface area (Å²) < 4.78 is 0. The third-order valence-electron chi connectivity index (χ3n) is 1.48. The highest BCUT2D eigenvalue weighted by molar-refractivity contribution is 5.20. The zero-order valence-electron chi connectivity index (χ0n) is 6.75. The van der Waals surface area contributed by atoms with Crippen molar-refractivity contribution in [3.05, 3.63) is 29.6 Å². The van der Waals surface area contributed by atoms with Gasteiger partial charge in [-0.05, 0) is 11.6 Å². The van der Waals surface area contributed by atoms with E-state index in [9.17, 15) is 0 Å². The molecular weight excluding hydrogens is 146 g/mol. The molecule has 1 rings (SSSR count). The van der Waals surface area contributed by atoms with Crippen LogP contribution in [0.4, 0.5) is 0 Å². The summed E-state index contributed by atoms with van der Waals surface area (Å²) in [5.74, 6) is 5.09. The van der Waals surface area contributed by atoms with Crippen LogP contribution < -0.4 is 0 Å². The molecule has 0 spiro atoms. The first-order valence-corrected chi connectivity index (χ1v) is 3.67. The Hall–Kier alpha value is -1.73. The largest absolute Gasteiger partial charge is 0.260 e. The smallest absolute Gasteiger partial charge is 0.0522 e. The van der Waals surface area contributed by atoms with Crippen LogP contribution in [0, 0.1) is 24.7 Å². The minimum atomic E-state index is 0.580. The topological polar surface area (TPSA) is 12.9 Å². The Balaban J connectivity index is 2.74. The van der Waals surface area contributed by atoms with Gasteiger partial charge in [0.25, 0.3) is 0 Å². The molecule has 0 atom stereocenters. The van der Waals surface area contributed by atoms with Gasteiger partial charge in [-0.3, -0.25) is 4.98 Å². The first-order valence-electron chi connectivity index (χ1n) is 3.67. The zero-order valence-corrected chi connectivity index (χ0v) is 6.75. The summed E-state index contributed by atoms with van der Waals surface area (Å²) >= 11 is 0. The Bertz CT molecular complexity index is 287. The lowest BCUT2D eigenvalue weighted by molar-refractivity contribution is 1.10. The number of aromatic nitrogens is 1. The van der Waals surface area contributed by atoms with Gasteiger partial charge in [0.15, 0.2) is 0 Å². The number of hydrogen-bond donors (Lipinski definition) is 0. The first kappa shape index (κ1) is 8.37. The fourth-order valence-electron chi connectivity index (χ4n) is 0.887. The predicted molar refractivity (Wildman–Crippen MR) is 49.3 cm³/mol. The molecule has 0 aromatic carbocycles. The Labute approximate surface area is 72.8 Å². The molecule has 1 aromatic rings. The van der Waals surface area contributed by atoms with Gasteiger partial charge in [-0.1, -0.05) is 6.07 Å². The molecule has 0 saturated carbocycles. The fourth-order valence-corrected chi connectivity index (χ4v) is 0.887. The maximum absolute atomic E-state index is 5.15. The van der Waals surface area contributed by atoms with Crippen molar-refractivity contribution in [1.82, 2.24) is 4.98 Å². The van der Waals surface area contributed by atoms with Gasteiger partial charge in [0.1, 0.15) is 0 Å². The van der Waals surface area contributed by atoms with Crippen molar-refractivity contribution in [2.75, 3.05) is 0 Å². The van der Waals surface area contributed by atoms with E-state index in [1.165, 1.54) is 0 Å². The average Bonchev–Trinajstić information content (AvgIpc) is 2.09. The molecule has 1 aromatic heterocycles. The molecule has 0 saturated heterocycles.